The SMILES string of the molecule is COc1cc2c(cc1OC)CN(C(=O)c1cc3cc(-c4ccc(NC(=O)c5ccc(C(F)(F)F)cc5)cc4)ccc3[nH]1)CC2. The van der Waals surface area contributed by atoms with Crippen molar-refractivity contribution in [1.82, 2.24) is 9.88 Å². The van der Waals surface area contributed by atoms with Crippen LogP contribution in [0.25, 0.3) is 22.0 Å². The number of alkyl halides is 3. The zero-order valence-corrected chi connectivity index (χ0v) is 23.9. The summed E-state index contributed by atoms with van der Waals surface area (Å²) < 4.78 is 49.3. The molecule has 5 aromatic rings. The summed E-state index contributed by atoms with van der Waals surface area (Å²) in [6, 6.07) is 22.8. The number of rotatable bonds is 6. The number of methoxy groups -OCH3 is 2. The average Bonchev–Trinajstić information content (AvgIpc) is 3.47. The molecule has 2 heterocycles. The summed E-state index contributed by atoms with van der Waals surface area (Å²) >= 11 is 0. The lowest BCUT2D eigenvalue weighted by Crippen LogP contribution is -2.36. The second kappa shape index (κ2) is 11.4. The van der Waals surface area contributed by atoms with E-state index in [1.54, 1.807) is 26.4 Å². The van der Waals surface area contributed by atoms with Crippen molar-refractivity contribution < 1.29 is 32.2 Å². The first kappa shape index (κ1) is 28.9. The number of hydrogen-bond donors (Lipinski definition) is 2. The van der Waals surface area contributed by atoms with E-state index in [2.05, 4.69) is 10.3 Å². The van der Waals surface area contributed by atoms with E-state index in [9.17, 15) is 22.8 Å². The van der Waals surface area contributed by atoms with Crippen molar-refractivity contribution in [2.45, 2.75) is 19.1 Å². The molecule has 6 rings (SSSR count). The van der Waals surface area contributed by atoms with E-state index in [1.165, 1.54) is 0 Å². The second-order valence-corrected chi connectivity index (χ2v) is 10.5. The highest BCUT2D eigenvalue weighted by Crippen LogP contribution is 2.34. The highest BCUT2D eigenvalue weighted by Gasteiger charge is 2.30. The molecule has 1 aliphatic rings. The molecule has 1 aromatic heterocycles. The minimum Gasteiger partial charge on any atom is -0.493 e. The van der Waals surface area contributed by atoms with Crippen LogP contribution in [0.15, 0.2) is 84.9 Å². The van der Waals surface area contributed by atoms with Crippen LogP contribution >= 0.6 is 0 Å². The normalized spacial score (nSPS) is 13.0. The fourth-order valence-electron chi connectivity index (χ4n) is 5.41. The van der Waals surface area contributed by atoms with Gasteiger partial charge >= 0.3 is 6.18 Å². The zero-order valence-electron chi connectivity index (χ0n) is 23.9. The van der Waals surface area contributed by atoms with Crippen LogP contribution < -0.4 is 14.8 Å². The number of ether oxygens (including phenoxy) is 2. The van der Waals surface area contributed by atoms with E-state index < -0.39 is 17.6 Å². The molecule has 4 aromatic carbocycles. The van der Waals surface area contributed by atoms with Crippen molar-refractivity contribution in [3.63, 3.8) is 0 Å². The molecule has 0 fully saturated rings. The number of benzene rings is 4. The molecular formula is C34H28F3N3O4. The molecule has 0 aliphatic carbocycles. The molecule has 0 saturated carbocycles. The van der Waals surface area contributed by atoms with E-state index >= 15 is 0 Å². The molecule has 2 N–H and O–H groups in total. The van der Waals surface area contributed by atoms with E-state index in [-0.39, 0.29) is 11.5 Å². The van der Waals surface area contributed by atoms with Gasteiger partial charge in [-0.3, -0.25) is 9.59 Å². The van der Waals surface area contributed by atoms with Crippen LogP contribution in [0.3, 0.4) is 0 Å². The van der Waals surface area contributed by atoms with Gasteiger partial charge in [0.25, 0.3) is 11.8 Å². The van der Waals surface area contributed by atoms with E-state index in [1.807, 2.05) is 53.4 Å². The largest absolute Gasteiger partial charge is 0.493 e. The summed E-state index contributed by atoms with van der Waals surface area (Å²) in [6.07, 6.45) is -3.75. The molecule has 0 bridgehead atoms. The van der Waals surface area contributed by atoms with Gasteiger partial charge in [0.1, 0.15) is 5.69 Å². The molecule has 0 spiro atoms. The minimum absolute atomic E-state index is 0.0867. The Hall–Kier alpha value is -5.25. The van der Waals surface area contributed by atoms with Gasteiger partial charge in [-0.2, -0.15) is 13.2 Å². The van der Waals surface area contributed by atoms with Gasteiger partial charge in [0.15, 0.2) is 11.5 Å². The smallest absolute Gasteiger partial charge is 0.416 e. The predicted molar refractivity (Wildman–Crippen MR) is 161 cm³/mol. The molecule has 2 amide bonds. The fraction of sp³-hybridized carbons (Fsp3) is 0.176. The quantitative estimate of drug-likeness (QED) is 0.214. The third kappa shape index (κ3) is 5.70. The molecule has 0 atom stereocenters. The number of amides is 2. The van der Waals surface area contributed by atoms with Crippen LogP contribution in [-0.2, 0) is 19.1 Å². The molecular weight excluding hydrogens is 571 g/mol. The van der Waals surface area contributed by atoms with Crippen molar-refractivity contribution in [2.75, 3.05) is 26.1 Å². The average molecular weight is 600 g/mol. The Morgan fingerprint density at radius 2 is 1.48 bits per heavy atom. The van der Waals surface area contributed by atoms with Gasteiger partial charge in [-0.1, -0.05) is 18.2 Å². The second-order valence-electron chi connectivity index (χ2n) is 10.5. The minimum atomic E-state index is -4.46. The maximum absolute atomic E-state index is 13.5. The molecule has 0 unspecified atom stereocenters. The van der Waals surface area contributed by atoms with Crippen molar-refractivity contribution >= 4 is 28.4 Å². The van der Waals surface area contributed by atoms with Crippen molar-refractivity contribution in [3.8, 4) is 22.6 Å². The Kier molecular flexibility index (Phi) is 7.50. The number of aromatic amines is 1. The van der Waals surface area contributed by atoms with Gasteiger partial charge in [-0.25, -0.2) is 0 Å². The number of nitrogens with zero attached hydrogens (tertiary/aromatic N) is 1. The number of aromatic nitrogens is 1. The van der Waals surface area contributed by atoms with E-state index in [0.29, 0.717) is 42.4 Å². The molecule has 224 valence electrons. The number of anilines is 1. The Labute approximate surface area is 251 Å². The van der Waals surface area contributed by atoms with Crippen molar-refractivity contribution in [1.29, 1.82) is 0 Å². The molecule has 7 nitrogen and oxygen atoms in total. The summed E-state index contributed by atoms with van der Waals surface area (Å²) in [7, 11) is 3.20. The summed E-state index contributed by atoms with van der Waals surface area (Å²) in [5.41, 5.74) is 5.14. The third-order valence-corrected chi connectivity index (χ3v) is 7.81. The maximum atomic E-state index is 13.5. The Balaban J connectivity index is 1.14. The predicted octanol–water partition coefficient (Wildman–Crippen LogP) is 7.32. The lowest BCUT2D eigenvalue weighted by molar-refractivity contribution is -0.137. The summed E-state index contributed by atoms with van der Waals surface area (Å²) in [6.45, 7) is 1.06. The van der Waals surface area contributed by atoms with Gasteiger partial charge in [-0.05, 0) is 95.4 Å². The number of H-pyrrole nitrogens is 1. The van der Waals surface area contributed by atoms with Gasteiger partial charge in [0, 0.05) is 35.2 Å². The number of carbonyl (C=O) groups excluding carboxylic acids is 2. The molecule has 0 radical (unpaired) electrons. The van der Waals surface area contributed by atoms with E-state index in [4.69, 9.17) is 9.47 Å². The summed E-state index contributed by atoms with van der Waals surface area (Å²) in [4.78, 5) is 31.0. The fourth-order valence-corrected chi connectivity index (χ4v) is 5.41. The number of fused-ring (bicyclic) bond motifs is 2. The third-order valence-electron chi connectivity index (χ3n) is 7.81. The Bertz CT molecular complexity index is 1860. The summed E-state index contributed by atoms with van der Waals surface area (Å²) in [5, 5.41) is 3.59. The summed E-state index contributed by atoms with van der Waals surface area (Å²) in [5.74, 6) is 0.716. The monoisotopic (exact) mass is 599 g/mol. The topological polar surface area (TPSA) is 83.7 Å². The first-order chi connectivity index (χ1) is 21.1. The molecule has 44 heavy (non-hydrogen) atoms. The number of carbonyl (C=O) groups is 2. The Morgan fingerprint density at radius 1 is 0.818 bits per heavy atom. The molecule has 10 heteroatoms. The van der Waals surface area contributed by atoms with Crippen molar-refractivity contribution in [2.24, 2.45) is 0 Å². The standard InChI is InChI=1S/C34H28F3N3O4/c1-43-30-17-23-13-14-40(19-25(23)18-31(30)44-2)33(42)29-16-24-15-22(7-12-28(24)39-29)20-5-10-27(11-6-20)38-32(41)21-3-8-26(9-4-21)34(35,36)37/h3-12,15-18,39H,13-14,19H2,1-2H3,(H,38,41). The maximum Gasteiger partial charge on any atom is 0.416 e. The van der Waals surface area contributed by atoms with Gasteiger partial charge in [0.05, 0.1) is 19.8 Å². The number of halogens is 3. The first-order valence-corrected chi connectivity index (χ1v) is 13.9. The Morgan fingerprint density at radius 3 is 2.14 bits per heavy atom. The molecule has 1 aliphatic heterocycles. The van der Waals surface area contributed by atoms with Gasteiger partial charge in [0.2, 0.25) is 0 Å². The van der Waals surface area contributed by atoms with Crippen LogP contribution in [0, 0.1) is 0 Å². The zero-order chi connectivity index (χ0) is 31.0. The van der Waals surface area contributed by atoms with Crippen molar-refractivity contribution in [3.05, 3.63) is 113 Å². The van der Waals surface area contributed by atoms with Gasteiger partial charge < -0.3 is 24.7 Å². The van der Waals surface area contributed by atoms with Gasteiger partial charge in [-0.15, -0.1) is 0 Å². The number of hydrogen-bond acceptors (Lipinski definition) is 4. The lowest BCUT2D eigenvalue weighted by atomic mass is 9.98. The van der Waals surface area contributed by atoms with Crippen LogP contribution in [-0.4, -0.2) is 42.5 Å². The first-order valence-electron chi connectivity index (χ1n) is 13.9. The van der Waals surface area contributed by atoms with Crippen LogP contribution in [0.4, 0.5) is 18.9 Å². The van der Waals surface area contributed by atoms with E-state index in [0.717, 1.165) is 57.4 Å². The highest BCUT2D eigenvalue weighted by atomic mass is 19.4. The highest BCUT2D eigenvalue weighted by molar-refractivity contribution is 6.04. The molecule has 0 saturated heterocycles. The van der Waals surface area contributed by atoms with Crippen LogP contribution in [0.5, 0.6) is 11.5 Å². The lowest BCUT2D eigenvalue weighted by Gasteiger charge is -2.29. The van der Waals surface area contributed by atoms with Crippen LogP contribution in [0.1, 0.15) is 37.5 Å². The number of nitrogens with one attached hydrogen (secondary N) is 2. The van der Waals surface area contributed by atoms with Crippen LogP contribution in [0.2, 0.25) is 0 Å².